The van der Waals surface area contributed by atoms with Crippen molar-refractivity contribution >= 4 is 11.9 Å². The number of carboxylic acid groups (broad SMARTS) is 1. The van der Waals surface area contributed by atoms with Crippen LogP contribution >= 0.6 is 0 Å². The lowest BCUT2D eigenvalue weighted by molar-refractivity contribution is -0.139. The first kappa shape index (κ1) is 18.1. The zero-order chi connectivity index (χ0) is 18.5. The lowest BCUT2D eigenvalue weighted by Gasteiger charge is -2.46. The van der Waals surface area contributed by atoms with Gasteiger partial charge >= 0.3 is 5.97 Å². The fraction of sp³-hybridized carbons (Fsp3) is 0.333. The van der Waals surface area contributed by atoms with E-state index in [1.54, 1.807) is 12.1 Å². The Balaban J connectivity index is 1.79. The third-order valence-electron chi connectivity index (χ3n) is 5.04. The van der Waals surface area contributed by atoms with Crippen molar-refractivity contribution in [2.45, 2.75) is 32.0 Å². The summed E-state index contributed by atoms with van der Waals surface area (Å²) in [6, 6.07) is 18.8. The molecule has 0 aromatic heterocycles. The summed E-state index contributed by atoms with van der Waals surface area (Å²) >= 11 is 0. The number of carboxylic acids is 1. The number of nitrogens with zero attached hydrogens (tertiary/aromatic N) is 2. The van der Waals surface area contributed by atoms with Crippen LogP contribution in [0.25, 0.3) is 0 Å². The van der Waals surface area contributed by atoms with Gasteiger partial charge in [-0.05, 0) is 24.6 Å². The first-order valence-corrected chi connectivity index (χ1v) is 8.92. The number of carbonyl (C=O) groups is 2. The molecule has 3 rings (SSSR count). The van der Waals surface area contributed by atoms with Gasteiger partial charge in [-0.3, -0.25) is 14.5 Å². The Morgan fingerprint density at radius 3 is 2.23 bits per heavy atom. The molecule has 1 fully saturated rings. The van der Waals surface area contributed by atoms with Gasteiger partial charge in [0.2, 0.25) is 0 Å². The Kier molecular flexibility index (Phi) is 5.68. The molecule has 2 aromatic carbocycles. The predicted molar refractivity (Wildman–Crippen MR) is 99.8 cm³/mol. The molecule has 2 aromatic rings. The minimum atomic E-state index is -0.839. The van der Waals surface area contributed by atoms with Crippen LogP contribution in [-0.2, 0) is 11.3 Å². The van der Waals surface area contributed by atoms with Gasteiger partial charge in [-0.2, -0.15) is 0 Å². The van der Waals surface area contributed by atoms with E-state index < -0.39 is 5.97 Å². The van der Waals surface area contributed by atoms with Crippen LogP contribution in [0.5, 0.6) is 0 Å². The van der Waals surface area contributed by atoms with Crippen molar-refractivity contribution in [2.24, 2.45) is 0 Å². The topological polar surface area (TPSA) is 60.9 Å². The number of rotatable bonds is 5. The van der Waals surface area contributed by atoms with E-state index in [-0.39, 0.29) is 24.4 Å². The molecule has 1 aliphatic rings. The Bertz CT molecular complexity index is 748. The fourth-order valence-corrected chi connectivity index (χ4v) is 3.64. The van der Waals surface area contributed by atoms with Crippen LogP contribution in [0.1, 0.15) is 29.3 Å². The molecule has 5 heteroatoms. The van der Waals surface area contributed by atoms with Gasteiger partial charge < -0.3 is 10.0 Å². The van der Waals surface area contributed by atoms with Crippen LogP contribution < -0.4 is 0 Å². The molecule has 1 saturated heterocycles. The number of hydrogen-bond acceptors (Lipinski definition) is 3. The highest BCUT2D eigenvalue weighted by Gasteiger charge is 2.37. The number of benzene rings is 2. The maximum atomic E-state index is 12.9. The lowest BCUT2D eigenvalue weighted by Crippen LogP contribution is -2.60. The quantitative estimate of drug-likeness (QED) is 0.899. The van der Waals surface area contributed by atoms with Gasteiger partial charge in [-0.15, -0.1) is 0 Å². The second-order valence-corrected chi connectivity index (χ2v) is 6.73. The minimum Gasteiger partial charge on any atom is -0.481 e. The van der Waals surface area contributed by atoms with E-state index in [2.05, 4.69) is 4.90 Å². The molecule has 0 spiro atoms. The monoisotopic (exact) mass is 352 g/mol. The van der Waals surface area contributed by atoms with Gasteiger partial charge in [0.25, 0.3) is 5.91 Å². The van der Waals surface area contributed by atoms with E-state index >= 15 is 0 Å². The Morgan fingerprint density at radius 2 is 1.62 bits per heavy atom. The van der Waals surface area contributed by atoms with Gasteiger partial charge in [0.15, 0.2) is 0 Å². The van der Waals surface area contributed by atoms with E-state index in [1.165, 1.54) is 0 Å². The van der Waals surface area contributed by atoms with E-state index in [1.807, 2.05) is 60.4 Å². The maximum Gasteiger partial charge on any atom is 0.305 e. The second-order valence-electron chi connectivity index (χ2n) is 6.73. The molecule has 1 amide bonds. The highest BCUT2D eigenvalue weighted by molar-refractivity contribution is 5.94. The molecular weight excluding hydrogens is 328 g/mol. The van der Waals surface area contributed by atoms with Crippen molar-refractivity contribution in [2.75, 3.05) is 13.1 Å². The molecule has 1 heterocycles. The van der Waals surface area contributed by atoms with Crippen molar-refractivity contribution in [3.8, 4) is 0 Å². The van der Waals surface area contributed by atoms with Crippen molar-refractivity contribution in [3.05, 3.63) is 71.8 Å². The van der Waals surface area contributed by atoms with Crippen LogP contribution in [0, 0.1) is 0 Å². The van der Waals surface area contributed by atoms with E-state index in [0.29, 0.717) is 25.2 Å². The first-order valence-electron chi connectivity index (χ1n) is 8.92. The zero-order valence-electron chi connectivity index (χ0n) is 14.9. The Labute approximate surface area is 153 Å². The summed E-state index contributed by atoms with van der Waals surface area (Å²) in [7, 11) is 0. The SMILES string of the molecule is C[C@@H]1[C@@H](CC(=O)O)N(Cc2ccccc2)CCN1C(=O)c1ccccc1. The van der Waals surface area contributed by atoms with Crippen LogP contribution in [0.15, 0.2) is 60.7 Å². The second kappa shape index (κ2) is 8.15. The van der Waals surface area contributed by atoms with Crippen molar-refractivity contribution < 1.29 is 14.7 Å². The number of hydrogen-bond donors (Lipinski definition) is 1. The third kappa shape index (κ3) is 4.11. The summed E-state index contributed by atoms with van der Waals surface area (Å²) < 4.78 is 0. The molecule has 2 atom stereocenters. The highest BCUT2D eigenvalue weighted by atomic mass is 16.4. The lowest BCUT2D eigenvalue weighted by atomic mass is 9.97. The maximum absolute atomic E-state index is 12.9. The average molecular weight is 352 g/mol. The molecule has 0 radical (unpaired) electrons. The molecule has 5 nitrogen and oxygen atoms in total. The first-order chi connectivity index (χ1) is 12.6. The Morgan fingerprint density at radius 1 is 1.00 bits per heavy atom. The average Bonchev–Trinajstić information content (AvgIpc) is 2.65. The molecule has 0 aliphatic carbocycles. The van der Waals surface area contributed by atoms with Gasteiger partial charge in [0.1, 0.15) is 0 Å². The van der Waals surface area contributed by atoms with Gasteiger partial charge in [0.05, 0.1) is 6.42 Å². The normalized spacial score (nSPS) is 20.7. The van der Waals surface area contributed by atoms with Crippen molar-refractivity contribution in [3.63, 3.8) is 0 Å². The molecule has 0 unspecified atom stereocenters. The third-order valence-corrected chi connectivity index (χ3v) is 5.04. The molecule has 26 heavy (non-hydrogen) atoms. The van der Waals surface area contributed by atoms with E-state index in [4.69, 9.17) is 0 Å². The van der Waals surface area contributed by atoms with Crippen molar-refractivity contribution in [1.29, 1.82) is 0 Å². The molecule has 1 aliphatic heterocycles. The van der Waals surface area contributed by atoms with Crippen LogP contribution in [0.2, 0.25) is 0 Å². The number of carbonyl (C=O) groups excluding carboxylic acids is 1. The summed E-state index contributed by atoms with van der Waals surface area (Å²) in [4.78, 5) is 28.3. The predicted octanol–water partition coefficient (Wildman–Crippen LogP) is 2.88. The molecule has 136 valence electrons. The fourth-order valence-electron chi connectivity index (χ4n) is 3.64. The molecule has 0 bridgehead atoms. The highest BCUT2D eigenvalue weighted by Crippen LogP contribution is 2.24. The van der Waals surface area contributed by atoms with Crippen LogP contribution in [-0.4, -0.2) is 52.0 Å². The smallest absolute Gasteiger partial charge is 0.305 e. The number of amides is 1. The van der Waals surface area contributed by atoms with Gasteiger partial charge in [-0.25, -0.2) is 0 Å². The van der Waals surface area contributed by atoms with Gasteiger partial charge in [-0.1, -0.05) is 48.5 Å². The molecule has 1 N–H and O–H groups in total. The summed E-state index contributed by atoms with van der Waals surface area (Å²) in [6.07, 6.45) is 0.0204. The largest absolute Gasteiger partial charge is 0.481 e. The van der Waals surface area contributed by atoms with E-state index in [9.17, 15) is 14.7 Å². The van der Waals surface area contributed by atoms with Crippen molar-refractivity contribution in [1.82, 2.24) is 9.80 Å². The number of piperazine rings is 1. The zero-order valence-corrected chi connectivity index (χ0v) is 14.9. The van der Waals surface area contributed by atoms with E-state index in [0.717, 1.165) is 5.56 Å². The summed E-state index contributed by atoms with van der Waals surface area (Å²) in [5, 5.41) is 9.38. The summed E-state index contributed by atoms with van der Waals surface area (Å²) in [6.45, 7) is 3.90. The summed E-state index contributed by atoms with van der Waals surface area (Å²) in [5.74, 6) is -0.873. The molecule has 0 saturated carbocycles. The minimum absolute atomic E-state index is 0.0204. The summed E-state index contributed by atoms with van der Waals surface area (Å²) in [5.41, 5.74) is 1.79. The van der Waals surface area contributed by atoms with Gasteiger partial charge in [0, 0.05) is 37.3 Å². The van der Waals surface area contributed by atoms with Crippen LogP contribution in [0.4, 0.5) is 0 Å². The number of aliphatic carboxylic acids is 1. The molecular formula is C21H24N2O3. The Hall–Kier alpha value is -2.66. The standard InChI is InChI=1S/C21H24N2O3/c1-16-19(14-20(24)25)22(15-17-8-4-2-5-9-17)12-13-23(16)21(26)18-10-6-3-7-11-18/h2-11,16,19H,12-15H2,1H3,(H,24,25)/t16-,19-/m1/s1. The van der Waals surface area contributed by atoms with Crippen LogP contribution in [0.3, 0.4) is 0 Å².